The summed E-state index contributed by atoms with van der Waals surface area (Å²) >= 11 is 0. The van der Waals surface area contributed by atoms with Crippen LogP contribution < -0.4 is 0 Å². The highest BCUT2D eigenvalue weighted by molar-refractivity contribution is 5.88. The molecule has 0 heterocycles. The minimum Gasteiger partial charge on any atom is -0.481 e. The van der Waals surface area contributed by atoms with Crippen LogP contribution in [0.1, 0.15) is 19.3 Å². The van der Waals surface area contributed by atoms with E-state index in [4.69, 9.17) is 20.1 Å². The number of quaternary nitrogens is 1. The Bertz CT molecular complexity index is 464. The minimum absolute atomic E-state index is 0.0561. The fraction of sp³-hybridized carbons (Fsp3) is 0.692. The van der Waals surface area contributed by atoms with Crippen molar-refractivity contribution in [3.63, 3.8) is 0 Å². The van der Waals surface area contributed by atoms with E-state index in [-0.39, 0.29) is 11.0 Å². The monoisotopic (exact) mass is 336 g/mol. The molecule has 0 amide bonds. The van der Waals surface area contributed by atoms with E-state index in [1.165, 1.54) is 0 Å². The normalized spacial score (nSPS) is 13.3. The molecule has 0 aromatic heterocycles. The molecule has 0 fully saturated rings. The van der Waals surface area contributed by atoms with Gasteiger partial charge in [0, 0.05) is 0 Å². The maximum atomic E-state index is 11.5. The van der Waals surface area contributed by atoms with E-state index >= 15 is 0 Å². The van der Waals surface area contributed by atoms with Gasteiger partial charge in [0.2, 0.25) is 0 Å². The van der Waals surface area contributed by atoms with Gasteiger partial charge in [-0.15, -0.1) is 0 Å². The molecule has 132 valence electrons. The van der Waals surface area contributed by atoms with Crippen LogP contribution in [0.15, 0.2) is 0 Å². The van der Waals surface area contributed by atoms with Gasteiger partial charge in [-0.1, -0.05) is 0 Å². The summed E-state index contributed by atoms with van der Waals surface area (Å²) in [5.41, 5.74) is -2.53. The minimum atomic E-state index is -2.53. The number of carboxylic acids is 4. The molecule has 4 N–H and O–H groups in total. The van der Waals surface area contributed by atoms with Crippen LogP contribution in [0, 0.1) is 0 Å². The maximum absolute atomic E-state index is 11.5. The molecule has 0 rings (SSSR count). The highest BCUT2D eigenvalue weighted by Gasteiger charge is 2.47. The highest BCUT2D eigenvalue weighted by Crippen LogP contribution is 2.26. The smallest absolute Gasteiger partial charge is 0.337 e. The summed E-state index contributed by atoms with van der Waals surface area (Å²) in [5.74, 6) is -6.16. The number of carboxylic acid groups (broad SMARTS) is 4. The van der Waals surface area contributed by atoms with Crippen molar-refractivity contribution in [2.45, 2.75) is 31.0 Å². The molecule has 23 heavy (non-hydrogen) atoms. The van der Waals surface area contributed by atoms with Crippen LogP contribution in [-0.2, 0) is 23.9 Å². The zero-order valence-electron chi connectivity index (χ0n) is 13.2. The molecular formula is C13H22NO9+. The van der Waals surface area contributed by atoms with Crippen LogP contribution in [0.3, 0.4) is 0 Å². The van der Waals surface area contributed by atoms with Gasteiger partial charge in [0.05, 0.1) is 40.4 Å². The van der Waals surface area contributed by atoms with Crippen molar-refractivity contribution < 1.29 is 48.8 Å². The van der Waals surface area contributed by atoms with E-state index in [9.17, 15) is 24.3 Å². The molecule has 1 unspecified atom stereocenters. The first-order chi connectivity index (χ1) is 10.3. The Labute approximate surface area is 132 Å². The summed E-state index contributed by atoms with van der Waals surface area (Å²) < 4.78 is 5.47. The van der Waals surface area contributed by atoms with Crippen molar-refractivity contribution in [2.24, 2.45) is 0 Å². The second-order valence-corrected chi connectivity index (χ2v) is 6.25. The summed E-state index contributed by atoms with van der Waals surface area (Å²) in [7, 11) is 5.11. The van der Waals surface area contributed by atoms with Crippen LogP contribution in [0.2, 0.25) is 0 Å². The first-order valence-corrected chi connectivity index (χ1v) is 6.64. The fourth-order valence-corrected chi connectivity index (χ4v) is 2.10. The third kappa shape index (κ3) is 8.12. The zero-order chi connectivity index (χ0) is 18.4. The summed E-state index contributed by atoms with van der Waals surface area (Å²) in [6, 6.07) is 0. The van der Waals surface area contributed by atoms with Crippen LogP contribution in [0.4, 0.5) is 0 Å². The molecule has 0 saturated heterocycles. The van der Waals surface area contributed by atoms with Crippen molar-refractivity contribution in [2.75, 3.05) is 27.7 Å². The summed E-state index contributed by atoms with van der Waals surface area (Å²) in [6.07, 6.45) is -3.93. The number of likely N-dealkylation sites (N-methyl/N-ethyl adjacent to an activating group) is 1. The van der Waals surface area contributed by atoms with Gasteiger partial charge in [-0.25, -0.2) is 4.79 Å². The molecule has 0 aliphatic carbocycles. The van der Waals surface area contributed by atoms with E-state index in [2.05, 4.69) is 0 Å². The van der Waals surface area contributed by atoms with Gasteiger partial charge in [-0.3, -0.25) is 14.4 Å². The van der Waals surface area contributed by atoms with Crippen LogP contribution >= 0.6 is 0 Å². The molecule has 1 atom stereocenters. The number of hydrogen-bond acceptors (Lipinski definition) is 5. The molecule has 0 bridgehead atoms. The summed E-state index contributed by atoms with van der Waals surface area (Å²) in [6.45, 7) is 0.0561. The van der Waals surface area contributed by atoms with Gasteiger partial charge in [0.15, 0.2) is 5.60 Å². The number of aliphatic carboxylic acids is 4. The van der Waals surface area contributed by atoms with Crippen molar-refractivity contribution >= 4 is 23.9 Å². The second kappa shape index (κ2) is 7.88. The van der Waals surface area contributed by atoms with Gasteiger partial charge in [0.25, 0.3) is 0 Å². The van der Waals surface area contributed by atoms with Crippen LogP contribution in [-0.4, -0.2) is 88.2 Å². The van der Waals surface area contributed by atoms with E-state index in [0.29, 0.717) is 0 Å². The zero-order valence-corrected chi connectivity index (χ0v) is 13.2. The van der Waals surface area contributed by atoms with Crippen LogP contribution in [0.25, 0.3) is 0 Å². The molecule has 10 nitrogen and oxygen atoms in total. The molecule has 10 heteroatoms. The van der Waals surface area contributed by atoms with Crippen molar-refractivity contribution in [1.29, 1.82) is 0 Å². The van der Waals surface area contributed by atoms with E-state index in [0.717, 1.165) is 0 Å². The molecule has 0 aliphatic heterocycles. The van der Waals surface area contributed by atoms with Gasteiger partial charge < -0.3 is 29.6 Å². The van der Waals surface area contributed by atoms with E-state index < -0.39 is 54.8 Å². The predicted molar refractivity (Wildman–Crippen MR) is 74.9 cm³/mol. The Morgan fingerprint density at radius 1 is 0.913 bits per heavy atom. The summed E-state index contributed by atoms with van der Waals surface area (Å²) in [5, 5.41) is 36.0. The Hall–Kier alpha value is -2.20. The fourth-order valence-electron chi connectivity index (χ4n) is 2.10. The molecular weight excluding hydrogens is 314 g/mol. The lowest BCUT2D eigenvalue weighted by molar-refractivity contribution is -0.873. The molecule has 0 aromatic carbocycles. The lowest BCUT2D eigenvalue weighted by Crippen LogP contribution is -2.52. The first kappa shape index (κ1) is 20.8. The third-order valence-corrected chi connectivity index (χ3v) is 2.81. The molecule has 0 aromatic rings. The lowest BCUT2D eigenvalue weighted by atomic mass is 9.94. The average molecular weight is 336 g/mol. The number of rotatable bonds is 11. The maximum Gasteiger partial charge on any atom is 0.337 e. The van der Waals surface area contributed by atoms with Crippen LogP contribution in [0.5, 0.6) is 0 Å². The Kier molecular flexibility index (Phi) is 7.13. The molecule has 0 saturated carbocycles. The highest BCUT2D eigenvalue weighted by atomic mass is 16.5. The second-order valence-electron chi connectivity index (χ2n) is 6.25. The number of carbonyl (C=O) groups is 4. The standard InChI is InChI=1S/C13H21NO9/c1-14(2,3)7-8(4-9(15)16)23-13(12(21)22,5-10(17)18)6-11(19)20/h8H,4-7H2,1-3H3,(H3-,15,16,17,18,19,20,21,22)/p+1. The van der Waals surface area contributed by atoms with Crippen molar-refractivity contribution in [1.82, 2.24) is 0 Å². The van der Waals surface area contributed by atoms with Crippen molar-refractivity contribution in [3.8, 4) is 0 Å². The largest absolute Gasteiger partial charge is 0.481 e. The predicted octanol–water partition coefficient (Wildman–Crippen LogP) is -0.675. The lowest BCUT2D eigenvalue weighted by Gasteiger charge is -2.34. The number of hydrogen-bond donors (Lipinski definition) is 4. The SMILES string of the molecule is C[N+](C)(C)CC(CC(=O)O)OC(CC(=O)O)(CC(=O)O)C(=O)O. The molecule has 0 radical (unpaired) electrons. The van der Waals surface area contributed by atoms with Gasteiger partial charge in [-0.2, -0.15) is 0 Å². The van der Waals surface area contributed by atoms with Gasteiger partial charge in [-0.05, 0) is 0 Å². The quantitative estimate of drug-likeness (QED) is 0.359. The van der Waals surface area contributed by atoms with E-state index in [1.54, 1.807) is 21.1 Å². The molecule has 0 aliphatic rings. The Balaban J connectivity index is 5.63. The summed E-state index contributed by atoms with van der Waals surface area (Å²) in [4.78, 5) is 44.3. The van der Waals surface area contributed by atoms with E-state index in [1.807, 2.05) is 0 Å². The van der Waals surface area contributed by atoms with Gasteiger partial charge in [0.1, 0.15) is 12.6 Å². The Morgan fingerprint density at radius 3 is 1.61 bits per heavy atom. The first-order valence-electron chi connectivity index (χ1n) is 6.64. The number of nitrogens with zero attached hydrogens (tertiary/aromatic N) is 1. The Morgan fingerprint density at radius 2 is 1.35 bits per heavy atom. The average Bonchev–Trinajstić information content (AvgIpc) is 2.22. The molecule has 0 spiro atoms. The number of ether oxygens (including phenoxy) is 1. The van der Waals surface area contributed by atoms with Gasteiger partial charge >= 0.3 is 23.9 Å². The third-order valence-electron chi connectivity index (χ3n) is 2.81. The topological polar surface area (TPSA) is 158 Å². The van der Waals surface area contributed by atoms with Crippen molar-refractivity contribution in [3.05, 3.63) is 0 Å².